The fourth-order valence-corrected chi connectivity index (χ4v) is 2.45. The summed E-state index contributed by atoms with van der Waals surface area (Å²) in [6.45, 7) is 1.15. The first kappa shape index (κ1) is 11.6. The highest BCUT2D eigenvalue weighted by molar-refractivity contribution is 6.31. The molecule has 1 aromatic rings. The lowest BCUT2D eigenvalue weighted by Gasteiger charge is -2.36. The highest BCUT2D eigenvalue weighted by Gasteiger charge is 2.24. The van der Waals surface area contributed by atoms with E-state index >= 15 is 0 Å². The Labute approximate surface area is 100 Å². The number of hydrogen-bond acceptors (Lipinski definition) is 4. The molecule has 1 unspecified atom stereocenters. The number of aliphatic hydroxyl groups excluding tert-OH is 1. The molecule has 1 atom stereocenters. The van der Waals surface area contributed by atoms with Crippen LogP contribution in [0.25, 0.3) is 0 Å². The predicted molar refractivity (Wildman–Crippen MR) is 63.7 cm³/mol. The van der Waals surface area contributed by atoms with Crippen LogP contribution in [0.3, 0.4) is 0 Å². The van der Waals surface area contributed by atoms with E-state index in [1.165, 1.54) is 6.42 Å². The van der Waals surface area contributed by atoms with E-state index in [0.717, 1.165) is 31.6 Å². The summed E-state index contributed by atoms with van der Waals surface area (Å²) >= 11 is 6.05. The predicted octanol–water partition coefficient (Wildman–Crippen LogP) is 1.87. The van der Waals surface area contributed by atoms with Gasteiger partial charge in [0, 0.05) is 31.6 Å². The van der Waals surface area contributed by atoms with Crippen molar-refractivity contribution in [2.75, 3.05) is 18.1 Å². The van der Waals surface area contributed by atoms with Crippen molar-refractivity contribution in [2.45, 2.75) is 31.7 Å². The van der Waals surface area contributed by atoms with Crippen LogP contribution in [0, 0.1) is 0 Å². The first-order chi connectivity index (χ1) is 7.83. The SMILES string of the molecule is OCCC1CCCCN1c1nccnc1Cl. The van der Waals surface area contributed by atoms with Crippen LogP contribution in [0.4, 0.5) is 5.82 Å². The molecular weight excluding hydrogens is 226 g/mol. The molecule has 4 nitrogen and oxygen atoms in total. The number of aliphatic hydroxyl groups is 1. The molecule has 1 aliphatic rings. The maximum Gasteiger partial charge on any atom is 0.171 e. The maximum absolute atomic E-state index is 9.06. The molecule has 1 saturated heterocycles. The second kappa shape index (κ2) is 5.46. The van der Waals surface area contributed by atoms with E-state index in [0.29, 0.717) is 11.2 Å². The Kier molecular flexibility index (Phi) is 3.96. The van der Waals surface area contributed by atoms with E-state index in [4.69, 9.17) is 16.7 Å². The number of hydrogen-bond donors (Lipinski definition) is 1. The molecule has 1 fully saturated rings. The minimum Gasteiger partial charge on any atom is -0.396 e. The van der Waals surface area contributed by atoms with E-state index in [2.05, 4.69) is 14.9 Å². The molecule has 16 heavy (non-hydrogen) atoms. The van der Waals surface area contributed by atoms with Gasteiger partial charge in [0.1, 0.15) is 0 Å². The van der Waals surface area contributed by atoms with Gasteiger partial charge in [0.25, 0.3) is 0 Å². The summed E-state index contributed by atoms with van der Waals surface area (Å²) in [4.78, 5) is 10.5. The first-order valence-corrected chi connectivity index (χ1v) is 6.04. The van der Waals surface area contributed by atoms with Crippen LogP contribution in [0.15, 0.2) is 12.4 Å². The van der Waals surface area contributed by atoms with Crippen LogP contribution in [0.1, 0.15) is 25.7 Å². The molecule has 0 aliphatic carbocycles. The van der Waals surface area contributed by atoms with Crippen molar-refractivity contribution < 1.29 is 5.11 Å². The van der Waals surface area contributed by atoms with Crippen molar-refractivity contribution in [3.8, 4) is 0 Å². The largest absolute Gasteiger partial charge is 0.396 e. The van der Waals surface area contributed by atoms with Gasteiger partial charge in [-0.15, -0.1) is 0 Å². The number of piperidine rings is 1. The topological polar surface area (TPSA) is 49.2 Å². The number of aromatic nitrogens is 2. The van der Waals surface area contributed by atoms with Gasteiger partial charge in [-0.25, -0.2) is 9.97 Å². The quantitative estimate of drug-likeness (QED) is 0.878. The van der Waals surface area contributed by atoms with Crippen molar-refractivity contribution in [3.63, 3.8) is 0 Å². The van der Waals surface area contributed by atoms with Crippen molar-refractivity contribution >= 4 is 17.4 Å². The van der Waals surface area contributed by atoms with Gasteiger partial charge in [-0.3, -0.25) is 0 Å². The summed E-state index contributed by atoms with van der Waals surface area (Å²) < 4.78 is 0. The van der Waals surface area contributed by atoms with Crippen molar-refractivity contribution in [1.29, 1.82) is 0 Å². The van der Waals surface area contributed by atoms with E-state index in [1.807, 2.05) is 0 Å². The van der Waals surface area contributed by atoms with Gasteiger partial charge in [-0.2, -0.15) is 0 Å². The molecule has 88 valence electrons. The Balaban J connectivity index is 2.19. The molecule has 2 heterocycles. The lowest BCUT2D eigenvalue weighted by Crippen LogP contribution is -2.40. The monoisotopic (exact) mass is 241 g/mol. The van der Waals surface area contributed by atoms with E-state index < -0.39 is 0 Å². The molecule has 5 heteroatoms. The third-order valence-electron chi connectivity index (χ3n) is 3.00. The van der Waals surface area contributed by atoms with Crippen molar-refractivity contribution in [3.05, 3.63) is 17.5 Å². The molecule has 1 aromatic heterocycles. The Morgan fingerprint density at radius 3 is 2.94 bits per heavy atom. The van der Waals surface area contributed by atoms with Crippen LogP contribution < -0.4 is 4.90 Å². The summed E-state index contributed by atoms with van der Waals surface area (Å²) in [7, 11) is 0. The molecule has 0 saturated carbocycles. The number of rotatable bonds is 3. The standard InChI is InChI=1S/C11H16ClN3O/c12-10-11(14-6-5-13-10)15-7-2-1-3-9(15)4-8-16/h5-6,9,16H,1-4,7-8H2. The van der Waals surface area contributed by atoms with Gasteiger partial charge in [0.05, 0.1) is 0 Å². The second-order valence-corrected chi connectivity index (χ2v) is 4.38. The molecule has 0 amide bonds. The average Bonchev–Trinajstić information content (AvgIpc) is 2.31. The Morgan fingerprint density at radius 1 is 1.38 bits per heavy atom. The fourth-order valence-electron chi connectivity index (χ4n) is 2.23. The summed E-state index contributed by atoms with van der Waals surface area (Å²) in [6.07, 6.45) is 7.47. The fraction of sp³-hybridized carbons (Fsp3) is 0.636. The normalized spacial score (nSPS) is 21.1. The molecule has 0 aromatic carbocycles. The first-order valence-electron chi connectivity index (χ1n) is 5.67. The van der Waals surface area contributed by atoms with Crippen LogP contribution in [-0.4, -0.2) is 34.3 Å². The van der Waals surface area contributed by atoms with Gasteiger partial charge in [0.2, 0.25) is 0 Å². The van der Waals surface area contributed by atoms with Crippen LogP contribution in [0.5, 0.6) is 0 Å². The second-order valence-electron chi connectivity index (χ2n) is 4.03. The summed E-state index contributed by atoms with van der Waals surface area (Å²) in [5.41, 5.74) is 0. The Morgan fingerprint density at radius 2 is 2.19 bits per heavy atom. The zero-order valence-electron chi connectivity index (χ0n) is 9.14. The maximum atomic E-state index is 9.06. The minimum absolute atomic E-state index is 0.207. The molecule has 0 bridgehead atoms. The van der Waals surface area contributed by atoms with Crippen molar-refractivity contribution in [2.24, 2.45) is 0 Å². The van der Waals surface area contributed by atoms with Gasteiger partial charge in [0.15, 0.2) is 11.0 Å². The summed E-state index contributed by atoms with van der Waals surface area (Å²) in [5.74, 6) is 0.752. The average molecular weight is 242 g/mol. The van der Waals surface area contributed by atoms with Crippen LogP contribution in [-0.2, 0) is 0 Å². The molecule has 2 rings (SSSR count). The third kappa shape index (κ3) is 2.44. The van der Waals surface area contributed by atoms with E-state index in [9.17, 15) is 0 Å². The number of anilines is 1. The zero-order chi connectivity index (χ0) is 11.4. The molecule has 0 spiro atoms. The van der Waals surface area contributed by atoms with Crippen LogP contribution >= 0.6 is 11.6 Å². The third-order valence-corrected chi connectivity index (χ3v) is 3.26. The lowest BCUT2D eigenvalue weighted by molar-refractivity contribution is 0.262. The smallest absolute Gasteiger partial charge is 0.171 e. The molecule has 1 aliphatic heterocycles. The van der Waals surface area contributed by atoms with Crippen LogP contribution in [0.2, 0.25) is 5.15 Å². The van der Waals surface area contributed by atoms with E-state index in [1.54, 1.807) is 12.4 Å². The van der Waals surface area contributed by atoms with Gasteiger partial charge >= 0.3 is 0 Å². The lowest BCUT2D eigenvalue weighted by atomic mass is 10.00. The molecule has 1 N–H and O–H groups in total. The van der Waals surface area contributed by atoms with Gasteiger partial charge in [-0.1, -0.05) is 11.6 Å². The molecule has 0 radical (unpaired) electrons. The highest BCUT2D eigenvalue weighted by atomic mass is 35.5. The van der Waals surface area contributed by atoms with E-state index in [-0.39, 0.29) is 6.61 Å². The Hall–Kier alpha value is -0.870. The van der Waals surface area contributed by atoms with Gasteiger partial charge < -0.3 is 10.0 Å². The summed E-state index contributed by atoms with van der Waals surface area (Å²) in [5, 5.41) is 9.51. The number of nitrogens with zero attached hydrogens (tertiary/aromatic N) is 3. The summed E-state index contributed by atoms with van der Waals surface area (Å²) in [6, 6.07) is 0.341. The zero-order valence-corrected chi connectivity index (χ0v) is 9.90. The minimum atomic E-state index is 0.207. The Bertz CT molecular complexity index is 346. The van der Waals surface area contributed by atoms with Gasteiger partial charge in [-0.05, 0) is 25.7 Å². The highest BCUT2D eigenvalue weighted by Crippen LogP contribution is 2.28. The van der Waals surface area contributed by atoms with Crippen molar-refractivity contribution in [1.82, 2.24) is 9.97 Å². The number of halogens is 1. The molecular formula is C11H16ClN3O.